The van der Waals surface area contributed by atoms with Crippen LogP contribution in [0.5, 0.6) is 0 Å². The predicted molar refractivity (Wildman–Crippen MR) is 131 cm³/mol. The molecule has 2 aromatic heterocycles. The normalized spacial score (nSPS) is 14.2. The minimum Gasteiger partial charge on any atom is -0.371 e. The van der Waals surface area contributed by atoms with Crippen LogP contribution in [-0.2, 0) is 0 Å². The summed E-state index contributed by atoms with van der Waals surface area (Å²) in [5.41, 5.74) is 3.83. The Hall–Kier alpha value is -3.49. The Bertz CT molecular complexity index is 1160. The van der Waals surface area contributed by atoms with Crippen LogP contribution in [0.4, 0.5) is 21.5 Å². The average Bonchev–Trinajstić information content (AvgIpc) is 3.29. The van der Waals surface area contributed by atoms with Crippen LogP contribution in [0.3, 0.4) is 0 Å². The molecule has 0 spiro atoms. The highest BCUT2D eigenvalue weighted by atomic mass is 19.1. The lowest BCUT2D eigenvalue weighted by Crippen LogP contribution is -2.32. The van der Waals surface area contributed by atoms with Gasteiger partial charge in [0.25, 0.3) is 5.91 Å². The number of carbonyl (C=O) groups excluding carboxylic acids is 1. The fourth-order valence-electron chi connectivity index (χ4n) is 3.89. The lowest BCUT2D eigenvalue weighted by molar-refractivity contribution is 0.0934. The Morgan fingerprint density at radius 3 is 2.59 bits per heavy atom. The molecule has 0 unspecified atom stereocenters. The molecule has 180 valence electrons. The average molecular weight is 466 g/mol. The lowest BCUT2D eigenvalue weighted by atomic mass is 9.97. The SMILES string of the molecule is Cc1ncc(Nc2cc(F)cc(N3CCCCC3)c2)cc1-n1cc(C(=O)NCC(C)(C)C)nn1. The van der Waals surface area contributed by atoms with Crippen LogP contribution in [0.1, 0.15) is 56.2 Å². The topological polar surface area (TPSA) is 88.0 Å². The first kappa shape index (κ1) is 23.7. The van der Waals surface area contributed by atoms with E-state index in [-0.39, 0.29) is 22.8 Å². The zero-order chi connectivity index (χ0) is 24.3. The molecule has 9 heteroatoms. The van der Waals surface area contributed by atoms with E-state index in [0.717, 1.165) is 37.3 Å². The third kappa shape index (κ3) is 5.89. The lowest BCUT2D eigenvalue weighted by Gasteiger charge is -2.29. The van der Waals surface area contributed by atoms with Crippen LogP contribution >= 0.6 is 0 Å². The highest BCUT2D eigenvalue weighted by molar-refractivity contribution is 5.91. The number of hydrogen-bond donors (Lipinski definition) is 2. The quantitative estimate of drug-likeness (QED) is 0.552. The third-order valence-electron chi connectivity index (χ3n) is 5.70. The Labute approximate surface area is 199 Å². The number of benzene rings is 1. The maximum atomic E-state index is 14.4. The van der Waals surface area contributed by atoms with Crippen molar-refractivity contribution in [2.24, 2.45) is 5.41 Å². The standard InChI is InChI=1S/C25H32FN7O/c1-17-23(33-15-22(30-31-33)24(34)28-16-25(2,3)4)13-20(14-27-17)29-19-10-18(26)11-21(12-19)32-8-6-5-7-9-32/h10-15,29H,5-9,16H2,1-4H3,(H,28,34). The van der Waals surface area contributed by atoms with Crippen LogP contribution in [0.25, 0.3) is 5.69 Å². The van der Waals surface area contributed by atoms with Crippen molar-refractivity contribution in [2.75, 3.05) is 29.9 Å². The summed E-state index contributed by atoms with van der Waals surface area (Å²) in [6, 6.07) is 6.87. The van der Waals surface area contributed by atoms with Crippen molar-refractivity contribution in [3.05, 3.63) is 53.9 Å². The second kappa shape index (κ2) is 9.79. The van der Waals surface area contributed by atoms with Crippen molar-refractivity contribution in [1.82, 2.24) is 25.3 Å². The third-order valence-corrected chi connectivity index (χ3v) is 5.70. The van der Waals surface area contributed by atoms with Gasteiger partial charge >= 0.3 is 0 Å². The summed E-state index contributed by atoms with van der Waals surface area (Å²) in [6.45, 7) is 10.4. The maximum Gasteiger partial charge on any atom is 0.273 e. The number of pyridine rings is 1. The van der Waals surface area contributed by atoms with E-state index < -0.39 is 0 Å². The number of anilines is 3. The first-order chi connectivity index (χ1) is 16.2. The van der Waals surface area contributed by atoms with Gasteiger partial charge in [-0.2, -0.15) is 0 Å². The largest absolute Gasteiger partial charge is 0.371 e. The molecule has 1 amide bonds. The molecular formula is C25H32FN7O. The highest BCUT2D eigenvalue weighted by Crippen LogP contribution is 2.27. The molecule has 0 bridgehead atoms. The molecule has 3 aromatic rings. The Kier molecular flexibility index (Phi) is 6.81. The van der Waals surface area contributed by atoms with Gasteiger partial charge < -0.3 is 15.5 Å². The van der Waals surface area contributed by atoms with Gasteiger partial charge in [-0.3, -0.25) is 9.78 Å². The van der Waals surface area contributed by atoms with E-state index in [1.54, 1.807) is 18.5 Å². The van der Waals surface area contributed by atoms with Gasteiger partial charge in [-0.25, -0.2) is 9.07 Å². The number of halogens is 1. The molecule has 1 aliphatic rings. The van der Waals surface area contributed by atoms with Gasteiger partial charge in [0.15, 0.2) is 5.69 Å². The van der Waals surface area contributed by atoms with E-state index in [2.05, 4.69) is 30.8 Å². The van der Waals surface area contributed by atoms with Crippen molar-refractivity contribution < 1.29 is 9.18 Å². The molecular weight excluding hydrogens is 433 g/mol. The molecule has 4 rings (SSSR count). The Balaban J connectivity index is 1.53. The van der Waals surface area contributed by atoms with Crippen molar-refractivity contribution in [2.45, 2.75) is 47.0 Å². The smallest absolute Gasteiger partial charge is 0.273 e. The monoisotopic (exact) mass is 465 g/mol. The zero-order valence-electron chi connectivity index (χ0n) is 20.2. The second-order valence-electron chi connectivity index (χ2n) is 9.99. The molecule has 0 atom stereocenters. The summed E-state index contributed by atoms with van der Waals surface area (Å²) in [5, 5.41) is 14.3. The zero-order valence-corrected chi connectivity index (χ0v) is 20.2. The number of rotatable bonds is 6. The van der Waals surface area contributed by atoms with E-state index in [9.17, 15) is 9.18 Å². The van der Waals surface area contributed by atoms with Crippen molar-refractivity contribution in [1.29, 1.82) is 0 Å². The molecule has 3 heterocycles. The van der Waals surface area contributed by atoms with Crippen LogP contribution in [-0.4, -0.2) is 45.5 Å². The summed E-state index contributed by atoms with van der Waals surface area (Å²) in [6.07, 6.45) is 6.74. The number of piperidine rings is 1. The first-order valence-corrected chi connectivity index (χ1v) is 11.7. The fraction of sp³-hybridized carbons (Fsp3) is 0.440. The van der Waals surface area contributed by atoms with Crippen LogP contribution < -0.4 is 15.5 Å². The summed E-state index contributed by atoms with van der Waals surface area (Å²) in [5.74, 6) is -0.556. The molecule has 1 aliphatic heterocycles. The van der Waals surface area contributed by atoms with E-state index in [0.29, 0.717) is 23.6 Å². The van der Waals surface area contributed by atoms with E-state index in [1.165, 1.54) is 17.2 Å². The van der Waals surface area contributed by atoms with E-state index in [4.69, 9.17) is 0 Å². The number of amides is 1. The van der Waals surface area contributed by atoms with Crippen LogP contribution in [0, 0.1) is 18.2 Å². The summed E-state index contributed by atoms with van der Waals surface area (Å²) in [4.78, 5) is 19.1. The van der Waals surface area contributed by atoms with Crippen LogP contribution in [0.2, 0.25) is 0 Å². The molecule has 1 fully saturated rings. The number of carbonyl (C=O) groups is 1. The van der Waals surface area contributed by atoms with Crippen molar-refractivity contribution in [3.63, 3.8) is 0 Å². The number of nitrogens with zero attached hydrogens (tertiary/aromatic N) is 5. The summed E-state index contributed by atoms with van der Waals surface area (Å²) in [7, 11) is 0. The number of aryl methyl sites for hydroxylation is 1. The first-order valence-electron chi connectivity index (χ1n) is 11.7. The number of hydrogen-bond acceptors (Lipinski definition) is 6. The van der Waals surface area contributed by atoms with Gasteiger partial charge in [0.05, 0.1) is 29.5 Å². The maximum absolute atomic E-state index is 14.4. The van der Waals surface area contributed by atoms with Gasteiger partial charge in [-0.05, 0) is 55.9 Å². The Morgan fingerprint density at radius 1 is 1.09 bits per heavy atom. The fourth-order valence-corrected chi connectivity index (χ4v) is 3.89. The van der Waals surface area contributed by atoms with Crippen molar-refractivity contribution in [3.8, 4) is 5.69 Å². The molecule has 2 N–H and O–H groups in total. The minimum atomic E-state index is -0.284. The summed E-state index contributed by atoms with van der Waals surface area (Å²) >= 11 is 0. The molecule has 0 radical (unpaired) electrons. The number of aromatic nitrogens is 4. The molecule has 1 saturated heterocycles. The minimum absolute atomic E-state index is 0.0308. The summed E-state index contributed by atoms with van der Waals surface area (Å²) < 4.78 is 15.9. The Morgan fingerprint density at radius 2 is 1.85 bits per heavy atom. The highest BCUT2D eigenvalue weighted by Gasteiger charge is 2.17. The second-order valence-corrected chi connectivity index (χ2v) is 9.99. The van der Waals surface area contributed by atoms with Gasteiger partial charge in [0.2, 0.25) is 0 Å². The predicted octanol–water partition coefficient (Wildman–Crippen LogP) is 4.62. The molecule has 8 nitrogen and oxygen atoms in total. The van der Waals surface area contributed by atoms with Gasteiger partial charge in [0, 0.05) is 31.0 Å². The van der Waals surface area contributed by atoms with E-state index in [1.807, 2.05) is 39.8 Å². The number of nitrogens with one attached hydrogen (secondary N) is 2. The van der Waals surface area contributed by atoms with Gasteiger partial charge in [-0.15, -0.1) is 5.10 Å². The molecule has 34 heavy (non-hydrogen) atoms. The van der Waals surface area contributed by atoms with Crippen molar-refractivity contribution >= 4 is 23.0 Å². The molecule has 0 aliphatic carbocycles. The van der Waals surface area contributed by atoms with Gasteiger partial charge in [0.1, 0.15) is 5.82 Å². The molecule has 0 saturated carbocycles. The van der Waals surface area contributed by atoms with E-state index >= 15 is 0 Å². The van der Waals surface area contributed by atoms with Crippen LogP contribution in [0.15, 0.2) is 36.7 Å². The molecule has 1 aromatic carbocycles. The van der Waals surface area contributed by atoms with Gasteiger partial charge in [-0.1, -0.05) is 26.0 Å².